The molecule has 124 valence electrons. The van der Waals surface area contributed by atoms with Gasteiger partial charge in [-0.05, 0) is 38.5 Å². The molecule has 1 amide bonds. The highest BCUT2D eigenvalue weighted by Gasteiger charge is 2.47. The number of carbonyl (C=O) groups is 2. The number of thiol groups is 1. The van der Waals surface area contributed by atoms with Gasteiger partial charge in [0, 0.05) is 24.1 Å². The second-order valence-electron chi connectivity index (χ2n) is 6.62. The van der Waals surface area contributed by atoms with Crippen LogP contribution in [-0.2, 0) is 4.79 Å². The van der Waals surface area contributed by atoms with Crippen LogP contribution in [0.2, 0.25) is 0 Å². The van der Waals surface area contributed by atoms with Crippen molar-refractivity contribution in [2.75, 3.05) is 12.3 Å². The third kappa shape index (κ3) is 2.74. The van der Waals surface area contributed by atoms with E-state index in [1.54, 1.807) is 36.9 Å². The van der Waals surface area contributed by atoms with Gasteiger partial charge in [-0.2, -0.15) is 12.6 Å². The molecule has 6 heteroatoms. The molecule has 1 saturated heterocycles. The van der Waals surface area contributed by atoms with Crippen LogP contribution in [0.15, 0.2) is 18.2 Å². The van der Waals surface area contributed by atoms with Crippen LogP contribution in [0.1, 0.15) is 48.7 Å². The third-order valence-electron chi connectivity index (χ3n) is 4.62. The van der Waals surface area contributed by atoms with Gasteiger partial charge in [0.25, 0.3) is 0 Å². The molecule has 2 unspecified atom stereocenters. The van der Waals surface area contributed by atoms with Gasteiger partial charge < -0.3 is 14.7 Å². The molecule has 0 aliphatic carbocycles. The summed E-state index contributed by atoms with van der Waals surface area (Å²) < 4.78 is 5.91. The first-order valence-corrected chi connectivity index (χ1v) is 8.43. The van der Waals surface area contributed by atoms with Crippen molar-refractivity contribution in [1.82, 2.24) is 4.90 Å². The number of fused-ring (bicyclic) bond motifs is 1. The van der Waals surface area contributed by atoms with Gasteiger partial charge in [0.05, 0.1) is 11.8 Å². The fourth-order valence-electron chi connectivity index (χ4n) is 3.33. The first-order chi connectivity index (χ1) is 10.8. The van der Waals surface area contributed by atoms with Crippen LogP contribution in [0.5, 0.6) is 5.75 Å². The van der Waals surface area contributed by atoms with Crippen molar-refractivity contribution in [3.63, 3.8) is 0 Å². The Morgan fingerprint density at radius 3 is 2.83 bits per heavy atom. The van der Waals surface area contributed by atoms with E-state index in [0.717, 1.165) is 6.42 Å². The second kappa shape index (κ2) is 5.83. The average Bonchev–Trinajstić information content (AvgIpc) is 2.93. The maximum absolute atomic E-state index is 12.2. The summed E-state index contributed by atoms with van der Waals surface area (Å²) in [5.41, 5.74) is 0.404. The Bertz CT molecular complexity index is 658. The van der Waals surface area contributed by atoms with Crippen molar-refractivity contribution in [3.05, 3.63) is 29.3 Å². The third-order valence-corrected chi connectivity index (χ3v) is 4.91. The first-order valence-electron chi connectivity index (χ1n) is 7.79. The lowest BCUT2D eigenvalue weighted by molar-refractivity contribution is -0.139. The van der Waals surface area contributed by atoms with Gasteiger partial charge >= 0.3 is 0 Å². The topological polar surface area (TPSA) is 66.8 Å². The number of rotatable bonds is 3. The van der Waals surface area contributed by atoms with Crippen LogP contribution in [0, 0.1) is 0 Å². The Balaban J connectivity index is 2.10. The van der Waals surface area contributed by atoms with E-state index in [9.17, 15) is 14.7 Å². The summed E-state index contributed by atoms with van der Waals surface area (Å²) in [4.78, 5) is 25.9. The number of ketones is 1. The number of ether oxygens (including phenoxy) is 1. The molecule has 3 rings (SSSR count). The van der Waals surface area contributed by atoms with Crippen molar-refractivity contribution < 1.29 is 19.4 Å². The zero-order valence-corrected chi connectivity index (χ0v) is 14.2. The van der Waals surface area contributed by atoms with E-state index >= 15 is 0 Å². The Kier molecular flexibility index (Phi) is 4.14. The number of hydrogen-bond donors (Lipinski definition) is 2. The molecular weight excluding hydrogens is 314 g/mol. The number of aliphatic hydroxyl groups excluding tert-OH is 1. The fraction of sp³-hybridized carbons (Fsp3) is 0.529. The molecule has 1 aromatic carbocycles. The van der Waals surface area contributed by atoms with E-state index < -0.39 is 17.7 Å². The molecule has 0 bridgehead atoms. The number of benzene rings is 1. The summed E-state index contributed by atoms with van der Waals surface area (Å²) in [5.74, 6) is 0.660. The fourth-order valence-corrected chi connectivity index (χ4v) is 3.52. The number of likely N-dealkylation sites (tertiary alicyclic amines) is 1. The molecule has 23 heavy (non-hydrogen) atoms. The minimum Gasteiger partial charge on any atom is -0.485 e. The monoisotopic (exact) mass is 335 g/mol. The van der Waals surface area contributed by atoms with Gasteiger partial charge in [-0.25, -0.2) is 0 Å². The van der Waals surface area contributed by atoms with Gasteiger partial charge in [-0.3, -0.25) is 9.59 Å². The Morgan fingerprint density at radius 1 is 1.48 bits per heavy atom. The Morgan fingerprint density at radius 2 is 2.22 bits per heavy atom. The number of amides is 1. The lowest BCUT2D eigenvalue weighted by Crippen LogP contribution is -2.53. The van der Waals surface area contributed by atoms with Crippen LogP contribution in [0.4, 0.5) is 0 Å². The predicted molar refractivity (Wildman–Crippen MR) is 89.0 cm³/mol. The van der Waals surface area contributed by atoms with Crippen LogP contribution in [0.3, 0.4) is 0 Å². The number of carbonyl (C=O) groups excluding carboxylic acids is 2. The molecule has 2 aliphatic heterocycles. The highest BCUT2D eigenvalue weighted by atomic mass is 32.1. The van der Waals surface area contributed by atoms with E-state index in [-0.39, 0.29) is 17.4 Å². The van der Waals surface area contributed by atoms with Crippen molar-refractivity contribution >= 4 is 24.3 Å². The van der Waals surface area contributed by atoms with Crippen LogP contribution in [0.25, 0.3) is 0 Å². The Hall–Kier alpha value is -1.53. The standard InChI is InChI=1S/C17H21NO4S/c1-17(2)16(21)15(18-7-3-4-14(18)20)11-8-10(12(19)9-23)5-6-13(11)22-17/h5-6,8,15-16,21,23H,3-4,7,9H2,1-2H3. The molecule has 0 saturated carbocycles. The molecule has 0 aromatic heterocycles. The molecular formula is C17H21NO4S. The SMILES string of the molecule is CC1(C)Oc2ccc(C(=O)CS)cc2C(N2CCCC2=O)C1O. The van der Waals surface area contributed by atoms with Gasteiger partial charge in [0.15, 0.2) is 5.78 Å². The number of aliphatic hydroxyl groups is 1. The van der Waals surface area contributed by atoms with Gasteiger partial charge in [0.2, 0.25) is 5.91 Å². The maximum Gasteiger partial charge on any atom is 0.223 e. The number of hydrogen-bond acceptors (Lipinski definition) is 5. The van der Waals surface area contributed by atoms with Crippen LogP contribution in [-0.4, -0.2) is 45.7 Å². The highest BCUT2D eigenvalue weighted by molar-refractivity contribution is 7.81. The predicted octanol–water partition coefficient (Wildman–Crippen LogP) is 1.99. The molecule has 2 heterocycles. The zero-order valence-electron chi connectivity index (χ0n) is 13.3. The molecule has 1 aromatic rings. The van der Waals surface area contributed by atoms with Gasteiger partial charge in [-0.1, -0.05) is 0 Å². The molecule has 0 radical (unpaired) electrons. The normalized spacial score (nSPS) is 25.9. The summed E-state index contributed by atoms with van der Waals surface area (Å²) in [6, 6.07) is 4.68. The zero-order chi connectivity index (χ0) is 16.8. The lowest BCUT2D eigenvalue weighted by atomic mass is 9.84. The summed E-state index contributed by atoms with van der Waals surface area (Å²) in [6.45, 7) is 4.22. The average molecular weight is 335 g/mol. The molecule has 5 nitrogen and oxygen atoms in total. The molecule has 1 N–H and O–H groups in total. The number of Topliss-reactive ketones (excluding diaryl/α,β-unsaturated/α-hetero) is 1. The molecule has 1 fully saturated rings. The van der Waals surface area contributed by atoms with Crippen LogP contribution < -0.4 is 4.74 Å². The molecule has 2 atom stereocenters. The van der Waals surface area contributed by atoms with E-state index in [0.29, 0.717) is 29.8 Å². The molecule has 2 aliphatic rings. The van der Waals surface area contributed by atoms with Crippen molar-refractivity contribution in [2.45, 2.75) is 44.4 Å². The summed E-state index contributed by atoms with van der Waals surface area (Å²) in [7, 11) is 0. The van der Waals surface area contributed by atoms with Gasteiger partial charge in [-0.15, -0.1) is 0 Å². The van der Waals surface area contributed by atoms with Gasteiger partial charge in [0.1, 0.15) is 17.5 Å². The van der Waals surface area contributed by atoms with E-state index in [4.69, 9.17) is 4.74 Å². The minimum absolute atomic E-state index is 0.0311. The smallest absolute Gasteiger partial charge is 0.223 e. The molecule has 0 spiro atoms. The van der Waals surface area contributed by atoms with Crippen molar-refractivity contribution in [1.29, 1.82) is 0 Å². The largest absolute Gasteiger partial charge is 0.485 e. The second-order valence-corrected chi connectivity index (χ2v) is 6.94. The van der Waals surface area contributed by atoms with E-state index in [2.05, 4.69) is 12.6 Å². The maximum atomic E-state index is 12.2. The highest BCUT2D eigenvalue weighted by Crippen LogP contribution is 2.44. The Labute approximate surface area is 141 Å². The van der Waals surface area contributed by atoms with E-state index in [1.165, 1.54) is 0 Å². The summed E-state index contributed by atoms with van der Waals surface area (Å²) >= 11 is 4.03. The van der Waals surface area contributed by atoms with Crippen molar-refractivity contribution in [3.8, 4) is 5.75 Å². The summed E-state index contributed by atoms with van der Waals surface area (Å²) in [6.07, 6.45) is 0.418. The first kappa shape index (κ1) is 16.3. The van der Waals surface area contributed by atoms with Crippen LogP contribution >= 0.6 is 12.6 Å². The minimum atomic E-state index is -0.863. The summed E-state index contributed by atoms with van der Waals surface area (Å²) in [5, 5.41) is 10.8. The quantitative estimate of drug-likeness (QED) is 0.655. The lowest BCUT2D eigenvalue weighted by Gasteiger charge is -2.45. The number of nitrogens with zero attached hydrogens (tertiary/aromatic N) is 1. The van der Waals surface area contributed by atoms with Crippen molar-refractivity contribution in [2.24, 2.45) is 0 Å². The van der Waals surface area contributed by atoms with E-state index in [1.807, 2.05) is 0 Å².